The molecule has 0 bridgehead atoms. The number of ether oxygens (including phenoxy) is 2. The van der Waals surface area contributed by atoms with Crippen molar-refractivity contribution in [2.24, 2.45) is 0 Å². The van der Waals surface area contributed by atoms with Gasteiger partial charge in [-0.2, -0.15) is 4.31 Å². The van der Waals surface area contributed by atoms with Crippen molar-refractivity contribution in [1.82, 2.24) is 23.8 Å². The number of sulfonamides is 1. The summed E-state index contributed by atoms with van der Waals surface area (Å²) in [6, 6.07) is 10.8. The van der Waals surface area contributed by atoms with Crippen molar-refractivity contribution < 1.29 is 22.7 Å². The maximum atomic E-state index is 12.9. The van der Waals surface area contributed by atoms with E-state index in [0.29, 0.717) is 24.3 Å². The molecule has 6 rings (SSSR count). The van der Waals surface area contributed by atoms with Gasteiger partial charge >= 0.3 is 6.09 Å². The van der Waals surface area contributed by atoms with Gasteiger partial charge in [-0.25, -0.2) is 28.2 Å². The van der Waals surface area contributed by atoms with Crippen LogP contribution in [0.15, 0.2) is 59.9 Å². The number of hydrogen-bond donors (Lipinski definition) is 0. The van der Waals surface area contributed by atoms with Crippen LogP contribution in [0.1, 0.15) is 30.7 Å². The van der Waals surface area contributed by atoms with Gasteiger partial charge in [-0.3, -0.25) is 4.57 Å². The Hall–Kier alpha value is -4.45. The summed E-state index contributed by atoms with van der Waals surface area (Å²) in [5.41, 5.74) is 4.21. The molecular formula is C28H28N6O5S. The van der Waals surface area contributed by atoms with Gasteiger partial charge < -0.3 is 14.4 Å². The molecule has 0 spiro atoms. The lowest BCUT2D eigenvalue weighted by molar-refractivity contribution is 0.130. The first-order valence-electron chi connectivity index (χ1n) is 13.1. The minimum Gasteiger partial charge on any atom is -0.493 e. The second-order valence-corrected chi connectivity index (χ2v) is 11.2. The Labute approximate surface area is 232 Å². The van der Waals surface area contributed by atoms with Gasteiger partial charge in [0.2, 0.25) is 0 Å². The molecule has 4 aromatic rings. The molecule has 0 N–H and O–H groups in total. The van der Waals surface area contributed by atoms with E-state index in [-0.39, 0.29) is 24.7 Å². The molecule has 0 radical (unpaired) electrons. The minimum atomic E-state index is -3.99. The first kappa shape index (κ1) is 25.8. The lowest BCUT2D eigenvalue weighted by Gasteiger charge is -2.22. The maximum Gasteiger partial charge on any atom is 0.424 e. The van der Waals surface area contributed by atoms with Crippen molar-refractivity contribution in [2.45, 2.75) is 38.6 Å². The second-order valence-electron chi connectivity index (χ2n) is 9.41. The molecule has 2 aliphatic heterocycles. The number of hydrogen-bond acceptors (Lipinski definition) is 9. The topological polar surface area (TPSA) is 120 Å². The number of aryl methyl sites for hydroxylation is 1. The molecule has 0 saturated carbocycles. The number of rotatable bonds is 6. The Balaban J connectivity index is 1.27. The van der Waals surface area contributed by atoms with E-state index in [1.54, 1.807) is 25.3 Å². The van der Waals surface area contributed by atoms with Gasteiger partial charge in [-0.15, -0.1) is 0 Å². The normalized spacial score (nSPS) is 14.6. The van der Waals surface area contributed by atoms with Crippen molar-refractivity contribution in [1.29, 1.82) is 0 Å². The Kier molecular flexibility index (Phi) is 6.41. The van der Waals surface area contributed by atoms with Gasteiger partial charge in [0.1, 0.15) is 17.4 Å². The summed E-state index contributed by atoms with van der Waals surface area (Å²) in [6.07, 6.45) is 5.07. The molecule has 0 unspecified atom stereocenters. The molecule has 0 fully saturated rings. The summed E-state index contributed by atoms with van der Waals surface area (Å²) >= 11 is 0. The molecule has 0 atom stereocenters. The molecular weight excluding hydrogens is 532 g/mol. The van der Waals surface area contributed by atoms with Crippen molar-refractivity contribution in [3.05, 3.63) is 71.8 Å². The lowest BCUT2D eigenvalue weighted by Crippen LogP contribution is -2.31. The minimum absolute atomic E-state index is 0.0554. The summed E-state index contributed by atoms with van der Waals surface area (Å²) < 4.78 is 39.6. The molecule has 5 heterocycles. The number of imidazole rings is 1. The zero-order valence-corrected chi connectivity index (χ0v) is 23.2. The quantitative estimate of drug-likeness (QED) is 0.338. The number of fused-ring (bicyclic) bond motifs is 6. The van der Waals surface area contributed by atoms with E-state index in [1.165, 1.54) is 6.07 Å². The van der Waals surface area contributed by atoms with E-state index in [9.17, 15) is 13.2 Å². The molecule has 1 aromatic carbocycles. The zero-order chi connectivity index (χ0) is 28.0. The number of amides is 1. The van der Waals surface area contributed by atoms with Gasteiger partial charge in [0, 0.05) is 42.8 Å². The van der Waals surface area contributed by atoms with Crippen molar-refractivity contribution in [3.8, 4) is 22.8 Å². The van der Waals surface area contributed by atoms with E-state index in [2.05, 4.69) is 27.4 Å². The van der Waals surface area contributed by atoms with E-state index in [4.69, 9.17) is 19.4 Å². The molecule has 11 nitrogen and oxygen atoms in total. The van der Waals surface area contributed by atoms with Crippen LogP contribution in [0.4, 0.5) is 16.4 Å². The van der Waals surface area contributed by atoms with E-state index in [0.717, 1.165) is 44.3 Å². The highest BCUT2D eigenvalue weighted by molar-refractivity contribution is 7.90. The number of carbonyl (C=O) groups excluding carboxylic acids is 1. The largest absolute Gasteiger partial charge is 0.493 e. The number of nitrogens with zero attached hydrogens (tertiary/aromatic N) is 6. The lowest BCUT2D eigenvalue weighted by atomic mass is 10.1. The highest BCUT2D eigenvalue weighted by Gasteiger charge is 2.40. The molecule has 2 aliphatic rings. The summed E-state index contributed by atoms with van der Waals surface area (Å²) in [4.78, 5) is 28.6. The van der Waals surface area contributed by atoms with Gasteiger partial charge in [-0.05, 0) is 56.7 Å². The monoisotopic (exact) mass is 560 g/mol. The van der Waals surface area contributed by atoms with Crippen molar-refractivity contribution in [3.63, 3.8) is 0 Å². The first-order valence-corrected chi connectivity index (χ1v) is 14.5. The van der Waals surface area contributed by atoms with Gasteiger partial charge in [0.15, 0.2) is 5.82 Å². The standard InChI is InChI=1S/C28H28N6O5S/c1-4-32-25-20(26-30-15-18(3)34(26)22-8-7-12-29-27(22)32)14-19(16-31-25)11-13-39-23-9-6-10-24-21(23)17-33(40(24,36)37)28(35)38-5-2/h6-10,12,14-16H,4-5,11,13,17H2,1-3H3. The fourth-order valence-electron chi connectivity index (χ4n) is 5.18. The molecule has 12 heteroatoms. The summed E-state index contributed by atoms with van der Waals surface area (Å²) in [6.45, 7) is 6.62. The average Bonchev–Trinajstić information content (AvgIpc) is 3.43. The van der Waals surface area contributed by atoms with Crippen LogP contribution in [0.2, 0.25) is 0 Å². The van der Waals surface area contributed by atoms with Crippen molar-refractivity contribution in [2.75, 3.05) is 24.7 Å². The third-order valence-corrected chi connectivity index (χ3v) is 8.81. The Morgan fingerprint density at radius 1 is 1.05 bits per heavy atom. The molecule has 1 amide bonds. The van der Waals surface area contributed by atoms with Crippen LogP contribution < -0.4 is 9.64 Å². The zero-order valence-electron chi connectivity index (χ0n) is 22.4. The fraction of sp³-hybridized carbons (Fsp3) is 0.286. The SMILES string of the molecule is CCOC(=O)N1Cc2c(OCCc3cnc4c(c3)-c3ncc(C)n3-c3cccnc3N4CC)cccc2S1(=O)=O. The van der Waals surface area contributed by atoms with Crippen LogP contribution >= 0.6 is 0 Å². The van der Waals surface area contributed by atoms with Crippen LogP contribution in [-0.4, -0.2) is 58.1 Å². The fourth-order valence-corrected chi connectivity index (χ4v) is 6.69. The Morgan fingerprint density at radius 3 is 2.70 bits per heavy atom. The van der Waals surface area contributed by atoms with Crippen LogP contribution in [0.3, 0.4) is 0 Å². The van der Waals surface area contributed by atoms with E-state index in [1.807, 2.05) is 31.5 Å². The van der Waals surface area contributed by atoms with E-state index >= 15 is 0 Å². The highest BCUT2D eigenvalue weighted by atomic mass is 32.2. The number of benzene rings is 1. The molecule has 3 aromatic heterocycles. The summed E-state index contributed by atoms with van der Waals surface area (Å²) in [5, 5.41) is 0. The third kappa shape index (κ3) is 4.06. The highest BCUT2D eigenvalue weighted by Crippen LogP contribution is 2.41. The smallest absolute Gasteiger partial charge is 0.424 e. The third-order valence-electron chi connectivity index (χ3n) is 7.02. The second kappa shape index (κ2) is 9.94. The molecule has 206 valence electrons. The number of anilines is 2. The Morgan fingerprint density at radius 2 is 1.90 bits per heavy atom. The first-order chi connectivity index (χ1) is 19.3. The average molecular weight is 561 g/mol. The summed E-state index contributed by atoms with van der Waals surface area (Å²) in [5.74, 6) is 2.81. The molecule has 40 heavy (non-hydrogen) atoms. The van der Waals surface area contributed by atoms with Crippen LogP contribution in [-0.2, 0) is 27.7 Å². The van der Waals surface area contributed by atoms with Gasteiger partial charge in [0.05, 0.1) is 35.9 Å². The Bertz CT molecular complexity index is 1730. The number of pyridine rings is 2. The number of carbonyl (C=O) groups is 1. The predicted octanol–water partition coefficient (Wildman–Crippen LogP) is 4.39. The van der Waals surface area contributed by atoms with Gasteiger partial charge in [0.25, 0.3) is 10.0 Å². The molecule has 0 saturated heterocycles. The molecule has 0 aliphatic carbocycles. The maximum absolute atomic E-state index is 12.9. The van der Waals surface area contributed by atoms with Crippen molar-refractivity contribution >= 4 is 27.8 Å². The number of aromatic nitrogens is 4. The predicted molar refractivity (Wildman–Crippen MR) is 147 cm³/mol. The van der Waals surface area contributed by atoms with Crippen LogP contribution in [0, 0.1) is 6.92 Å². The van der Waals surface area contributed by atoms with Crippen LogP contribution in [0.5, 0.6) is 5.75 Å². The van der Waals surface area contributed by atoms with E-state index < -0.39 is 16.1 Å². The summed E-state index contributed by atoms with van der Waals surface area (Å²) in [7, 11) is -3.99. The van der Waals surface area contributed by atoms with Crippen LogP contribution in [0.25, 0.3) is 17.1 Å². The van der Waals surface area contributed by atoms with Gasteiger partial charge in [-0.1, -0.05) is 6.07 Å².